The Hall–Kier alpha value is -1.23. The summed E-state index contributed by atoms with van der Waals surface area (Å²) >= 11 is 1.88. The molecule has 1 atom stereocenters. The first-order valence-electron chi connectivity index (χ1n) is 7.52. The molecule has 1 saturated heterocycles. The van der Waals surface area contributed by atoms with E-state index in [-0.39, 0.29) is 24.1 Å². The third kappa shape index (κ3) is 3.90. The zero-order valence-corrected chi connectivity index (χ0v) is 14.0. The van der Waals surface area contributed by atoms with Gasteiger partial charge in [-0.15, -0.1) is 0 Å². The highest BCUT2D eigenvalue weighted by molar-refractivity contribution is 7.99. The average Bonchev–Trinajstić information content (AvgIpc) is 2.91. The van der Waals surface area contributed by atoms with Crippen LogP contribution in [0.2, 0.25) is 0 Å². The predicted octanol–water partition coefficient (Wildman–Crippen LogP) is 3.22. The smallest absolute Gasteiger partial charge is 0.259 e. The Bertz CT molecular complexity index is 477. The Morgan fingerprint density at radius 3 is 2.67 bits per heavy atom. The second-order valence-electron chi connectivity index (χ2n) is 5.86. The molecule has 1 amide bonds. The fourth-order valence-corrected chi connectivity index (χ4v) is 3.71. The summed E-state index contributed by atoms with van der Waals surface area (Å²) in [4.78, 5) is 19.0. The maximum atomic E-state index is 12.8. The van der Waals surface area contributed by atoms with Gasteiger partial charge in [0, 0.05) is 24.0 Å². The fraction of sp³-hybridized carbons (Fsp3) is 0.625. The molecule has 1 aromatic rings. The largest absolute Gasteiger partial charge is 0.473 e. The van der Waals surface area contributed by atoms with Gasteiger partial charge in [0.1, 0.15) is 11.7 Å². The summed E-state index contributed by atoms with van der Waals surface area (Å²) < 4.78 is 5.96. The van der Waals surface area contributed by atoms with Crippen LogP contribution in [0.4, 0.5) is 0 Å². The molecular formula is C16H24N2O2S. The summed E-state index contributed by atoms with van der Waals surface area (Å²) in [6, 6.07) is 3.90. The lowest BCUT2D eigenvalue weighted by molar-refractivity contribution is 0.0636. The fourth-order valence-electron chi connectivity index (χ4n) is 2.62. The SMILES string of the molecule is CC(C)N(C(=O)c1cccnc1OC1CCSC1)C(C)C. The van der Waals surface area contributed by atoms with Crippen molar-refractivity contribution in [1.82, 2.24) is 9.88 Å². The molecule has 5 heteroatoms. The predicted molar refractivity (Wildman–Crippen MR) is 87.0 cm³/mol. The van der Waals surface area contributed by atoms with E-state index in [9.17, 15) is 4.79 Å². The highest BCUT2D eigenvalue weighted by Gasteiger charge is 2.26. The van der Waals surface area contributed by atoms with Crippen molar-refractivity contribution in [3.63, 3.8) is 0 Å². The first kappa shape index (κ1) is 16.1. The summed E-state index contributed by atoms with van der Waals surface area (Å²) in [6.45, 7) is 8.12. The molecule has 0 radical (unpaired) electrons. The summed E-state index contributed by atoms with van der Waals surface area (Å²) in [6.07, 6.45) is 2.87. The minimum absolute atomic E-state index is 0.00579. The van der Waals surface area contributed by atoms with Crippen molar-refractivity contribution in [2.45, 2.75) is 52.3 Å². The number of thioether (sulfide) groups is 1. The van der Waals surface area contributed by atoms with Gasteiger partial charge in [-0.2, -0.15) is 11.8 Å². The van der Waals surface area contributed by atoms with E-state index in [1.807, 2.05) is 50.4 Å². The average molecular weight is 308 g/mol. The molecule has 1 aromatic heterocycles. The summed E-state index contributed by atoms with van der Waals surface area (Å²) in [5.74, 6) is 2.56. The number of hydrogen-bond donors (Lipinski definition) is 0. The van der Waals surface area contributed by atoms with Crippen LogP contribution in [0, 0.1) is 0 Å². The van der Waals surface area contributed by atoms with Gasteiger partial charge in [0.05, 0.1) is 0 Å². The lowest BCUT2D eigenvalue weighted by Crippen LogP contribution is -2.42. The highest BCUT2D eigenvalue weighted by atomic mass is 32.2. The van der Waals surface area contributed by atoms with Crippen molar-refractivity contribution < 1.29 is 9.53 Å². The number of aromatic nitrogens is 1. The van der Waals surface area contributed by atoms with Gasteiger partial charge in [0.15, 0.2) is 0 Å². The molecule has 0 aliphatic carbocycles. The van der Waals surface area contributed by atoms with Crippen LogP contribution in [-0.4, -0.2) is 45.5 Å². The van der Waals surface area contributed by atoms with Gasteiger partial charge in [-0.05, 0) is 52.0 Å². The number of ether oxygens (including phenoxy) is 1. The molecule has 4 nitrogen and oxygen atoms in total. The Morgan fingerprint density at radius 1 is 1.38 bits per heavy atom. The number of rotatable bonds is 5. The zero-order chi connectivity index (χ0) is 15.4. The van der Waals surface area contributed by atoms with Gasteiger partial charge in [0.25, 0.3) is 5.91 Å². The van der Waals surface area contributed by atoms with Crippen LogP contribution in [0.3, 0.4) is 0 Å². The van der Waals surface area contributed by atoms with Crippen LogP contribution in [0.1, 0.15) is 44.5 Å². The van der Waals surface area contributed by atoms with Crippen molar-refractivity contribution in [1.29, 1.82) is 0 Å². The molecule has 1 aliphatic heterocycles. The van der Waals surface area contributed by atoms with Crippen LogP contribution in [-0.2, 0) is 0 Å². The Kier molecular flexibility index (Phi) is 5.51. The number of carbonyl (C=O) groups is 1. The molecule has 1 aliphatic rings. The van der Waals surface area contributed by atoms with E-state index in [0.717, 1.165) is 17.9 Å². The quantitative estimate of drug-likeness (QED) is 0.837. The molecule has 116 valence electrons. The number of hydrogen-bond acceptors (Lipinski definition) is 4. The third-order valence-corrected chi connectivity index (χ3v) is 4.65. The topological polar surface area (TPSA) is 42.4 Å². The van der Waals surface area contributed by atoms with Gasteiger partial charge in [0.2, 0.25) is 5.88 Å². The molecule has 1 unspecified atom stereocenters. The van der Waals surface area contributed by atoms with Gasteiger partial charge in [-0.3, -0.25) is 4.79 Å². The highest BCUT2D eigenvalue weighted by Crippen LogP contribution is 2.25. The molecule has 1 fully saturated rings. The number of carbonyl (C=O) groups excluding carboxylic acids is 1. The third-order valence-electron chi connectivity index (χ3n) is 3.51. The molecule has 0 spiro atoms. The second kappa shape index (κ2) is 7.16. The summed E-state index contributed by atoms with van der Waals surface area (Å²) in [7, 11) is 0. The number of amides is 1. The van der Waals surface area contributed by atoms with Crippen LogP contribution in [0.5, 0.6) is 5.88 Å². The van der Waals surface area contributed by atoms with E-state index in [4.69, 9.17) is 4.74 Å². The summed E-state index contributed by atoms with van der Waals surface area (Å²) in [5.41, 5.74) is 0.566. The first-order chi connectivity index (χ1) is 10.0. The van der Waals surface area contributed by atoms with Crippen LogP contribution in [0.25, 0.3) is 0 Å². The number of nitrogens with zero attached hydrogens (tertiary/aromatic N) is 2. The van der Waals surface area contributed by atoms with Crippen molar-refractivity contribution in [2.75, 3.05) is 11.5 Å². The first-order valence-corrected chi connectivity index (χ1v) is 8.68. The Balaban J connectivity index is 2.23. The lowest BCUT2D eigenvalue weighted by Gasteiger charge is -2.31. The van der Waals surface area contributed by atoms with Gasteiger partial charge < -0.3 is 9.64 Å². The molecule has 21 heavy (non-hydrogen) atoms. The van der Waals surface area contributed by atoms with Gasteiger partial charge >= 0.3 is 0 Å². The van der Waals surface area contributed by atoms with Gasteiger partial charge in [-0.25, -0.2) is 4.98 Å². The van der Waals surface area contributed by atoms with E-state index in [2.05, 4.69) is 4.98 Å². The zero-order valence-electron chi connectivity index (χ0n) is 13.2. The minimum Gasteiger partial charge on any atom is -0.473 e. The molecule has 0 saturated carbocycles. The monoisotopic (exact) mass is 308 g/mol. The molecule has 0 N–H and O–H groups in total. The van der Waals surface area contributed by atoms with Crippen molar-refractivity contribution in [2.24, 2.45) is 0 Å². The Labute approximate surface area is 131 Å². The van der Waals surface area contributed by atoms with Crippen molar-refractivity contribution in [3.05, 3.63) is 23.9 Å². The lowest BCUT2D eigenvalue weighted by atomic mass is 10.1. The Morgan fingerprint density at radius 2 is 2.10 bits per heavy atom. The van der Waals surface area contributed by atoms with Gasteiger partial charge in [-0.1, -0.05) is 0 Å². The molecular weight excluding hydrogens is 284 g/mol. The van der Waals surface area contributed by atoms with E-state index in [0.29, 0.717) is 11.4 Å². The van der Waals surface area contributed by atoms with E-state index in [1.165, 1.54) is 0 Å². The molecule has 0 aromatic carbocycles. The minimum atomic E-state index is -0.00579. The molecule has 2 rings (SSSR count). The van der Waals surface area contributed by atoms with Crippen LogP contribution < -0.4 is 4.74 Å². The molecule has 0 bridgehead atoms. The standard InChI is InChI=1S/C16H24N2O2S/c1-11(2)18(12(3)4)16(19)14-6-5-8-17-15(14)20-13-7-9-21-10-13/h5-6,8,11-13H,7,9-10H2,1-4H3. The normalized spacial score (nSPS) is 18.3. The maximum Gasteiger partial charge on any atom is 0.259 e. The van der Waals surface area contributed by atoms with Crippen LogP contribution in [0.15, 0.2) is 18.3 Å². The number of pyridine rings is 1. The van der Waals surface area contributed by atoms with E-state index in [1.54, 1.807) is 12.3 Å². The van der Waals surface area contributed by atoms with Crippen LogP contribution >= 0.6 is 11.8 Å². The van der Waals surface area contributed by atoms with Crippen molar-refractivity contribution >= 4 is 17.7 Å². The van der Waals surface area contributed by atoms with Crippen molar-refractivity contribution in [3.8, 4) is 5.88 Å². The van der Waals surface area contributed by atoms with E-state index >= 15 is 0 Å². The maximum absolute atomic E-state index is 12.8. The molecule has 2 heterocycles. The second-order valence-corrected chi connectivity index (χ2v) is 7.01. The van der Waals surface area contributed by atoms with E-state index < -0.39 is 0 Å². The summed E-state index contributed by atoms with van der Waals surface area (Å²) in [5, 5.41) is 0.